The Morgan fingerprint density at radius 1 is 1.11 bits per heavy atom. The van der Waals surface area contributed by atoms with E-state index in [1.165, 1.54) is 0 Å². The summed E-state index contributed by atoms with van der Waals surface area (Å²) in [5.74, 6) is 0. The summed E-state index contributed by atoms with van der Waals surface area (Å²) >= 11 is 0. The molecule has 0 saturated carbocycles. The lowest BCUT2D eigenvalue weighted by Crippen LogP contribution is -1.98. The monoisotopic (exact) mass is 249 g/mol. The molecular formula is C17H15NO. The van der Waals surface area contributed by atoms with Crippen LogP contribution < -0.4 is 0 Å². The second-order valence-corrected chi connectivity index (χ2v) is 4.42. The van der Waals surface area contributed by atoms with E-state index in [2.05, 4.69) is 12.6 Å². The Labute approximate surface area is 113 Å². The van der Waals surface area contributed by atoms with Crippen LogP contribution in [0.4, 0.5) is 0 Å². The molecular weight excluding hydrogens is 234 g/mol. The Morgan fingerprint density at radius 3 is 2.32 bits per heavy atom. The van der Waals surface area contributed by atoms with E-state index in [0.717, 1.165) is 16.7 Å². The molecule has 0 fully saturated rings. The molecule has 0 aliphatic carbocycles. The van der Waals surface area contributed by atoms with E-state index >= 15 is 0 Å². The van der Waals surface area contributed by atoms with Gasteiger partial charge in [-0.2, -0.15) is 5.26 Å². The Balaban J connectivity index is 2.06. The molecule has 0 spiro atoms. The predicted molar refractivity (Wildman–Crippen MR) is 76.2 cm³/mol. The summed E-state index contributed by atoms with van der Waals surface area (Å²) in [6, 6.07) is 18.9. The molecule has 1 N–H and O–H groups in total. The summed E-state index contributed by atoms with van der Waals surface area (Å²) in [6.07, 6.45) is -0.115. The normalized spacial score (nSPS) is 11.6. The summed E-state index contributed by atoms with van der Waals surface area (Å²) < 4.78 is 0. The summed E-state index contributed by atoms with van der Waals surface area (Å²) in [4.78, 5) is 0. The van der Waals surface area contributed by atoms with Crippen LogP contribution in [0.15, 0.2) is 61.2 Å². The fourth-order valence-electron chi connectivity index (χ4n) is 1.92. The van der Waals surface area contributed by atoms with Gasteiger partial charge in [-0.15, -0.1) is 0 Å². The lowest BCUT2D eigenvalue weighted by molar-refractivity contribution is 0.184. The van der Waals surface area contributed by atoms with Gasteiger partial charge in [0.25, 0.3) is 0 Å². The van der Waals surface area contributed by atoms with E-state index in [0.29, 0.717) is 12.0 Å². The van der Waals surface area contributed by atoms with Gasteiger partial charge in [0.2, 0.25) is 0 Å². The SMILES string of the molecule is C=C(CC(O)c1ccc(C#N)cc1)c1ccccc1. The van der Waals surface area contributed by atoms with E-state index in [4.69, 9.17) is 5.26 Å². The Kier molecular flexibility index (Phi) is 4.12. The molecule has 0 radical (unpaired) electrons. The number of aliphatic hydroxyl groups excluding tert-OH is 1. The van der Waals surface area contributed by atoms with Crippen LogP contribution in [0.3, 0.4) is 0 Å². The second-order valence-electron chi connectivity index (χ2n) is 4.42. The quantitative estimate of drug-likeness (QED) is 0.898. The summed E-state index contributed by atoms with van der Waals surface area (Å²) in [5, 5.41) is 18.9. The van der Waals surface area contributed by atoms with Crippen molar-refractivity contribution in [3.63, 3.8) is 0 Å². The molecule has 0 aromatic heterocycles. The molecule has 94 valence electrons. The first-order valence-corrected chi connectivity index (χ1v) is 6.12. The van der Waals surface area contributed by atoms with Crippen LogP contribution >= 0.6 is 0 Å². The van der Waals surface area contributed by atoms with Gasteiger partial charge in [-0.3, -0.25) is 0 Å². The van der Waals surface area contributed by atoms with Crippen LogP contribution in [-0.2, 0) is 0 Å². The van der Waals surface area contributed by atoms with Crippen LogP contribution in [0.25, 0.3) is 5.57 Å². The fraction of sp³-hybridized carbons (Fsp3) is 0.118. The molecule has 0 aliphatic heterocycles. The van der Waals surface area contributed by atoms with Crippen LogP contribution in [0.2, 0.25) is 0 Å². The molecule has 1 atom stereocenters. The maximum atomic E-state index is 10.2. The van der Waals surface area contributed by atoms with Gasteiger partial charge < -0.3 is 5.11 Å². The van der Waals surface area contributed by atoms with Gasteiger partial charge in [0, 0.05) is 6.42 Å². The Hall–Kier alpha value is -2.37. The van der Waals surface area contributed by atoms with Crippen molar-refractivity contribution in [1.29, 1.82) is 5.26 Å². The first-order chi connectivity index (χ1) is 9.20. The van der Waals surface area contributed by atoms with E-state index in [-0.39, 0.29) is 0 Å². The molecule has 2 aromatic rings. The van der Waals surface area contributed by atoms with Gasteiger partial charge in [-0.1, -0.05) is 49.0 Å². The summed E-state index contributed by atoms with van der Waals surface area (Å²) in [6.45, 7) is 4.01. The van der Waals surface area contributed by atoms with Gasteiger partial charge >= 0.3 is 0 Å². The molecule has 0 aliphatic rings. The highest BCUT2D eigenvalue weighted by molar-refractivity contribution is 5.63. The molecule has 0 bridgehead atoms. The highest BCUT2D eigenvalue weighted by Gasteiger charge is 2.10. The molecule has 19 heavy (non-hydrogen) atoms. The first-order valence-electron chi connectivity index (χ1n) is 6.12. The van der Waals surface area contributed by atoms with Crippen molar-refractivity contribution < 1.29 is 5.11 Å². The van der Waals surface area contributed by atoms with Gasteiger partial charge in [-0.25, -0.2) is 0 Å². The lowest BCUT2D eigenvalue weighted by atomic mass is 9.97. The van der Waals surface area contributed by atoms with Crippen molar-refractivity contribution in [3.05, 3.63) is 77.9 Å². The molecule has 0 amide bonds. The zero-order valence-electron chi connectivity index (χ0n) is 10.6. The van der Waals surface area contributed by atoms with E-state index < -0.39 is 6.10 Å². The van der Waals surface area contributed by atoms with Crippen LogP contribution in [0.1, 0.15) is 29.2 Å². The average Bonchev–Trinajstić information content (AvgIpc) is 2.48. The highest BCUT2D eigenvalue weighted by atomic mass is 16.3. The number of nitriles is 1. The van der Waals surface area contributed by atoms with Crippen LogP contribution in [0.5, 0.6) is 0 Å². The van der Waals surface area contributed by atoms with Crippen molar-refractivity contribution in [2.24, 2.45) is 0 Å². The molecule has 2 aromatic carbocycles. The zero-order valence-corrected chi connectivity index (χ0v) is 10.6. The smallest absolute Gasteiger partial charge is 0.0991 e. The minimum atomic E-state index is -0.597. The van der Waals surface area contributed by atoms with Gasteiger partial charge in [0.05, 0.1) is 17.7 Å². The summed E-state index contributed by atoms with van der Waals surface area (Å²) in [7, 11) is 0. The second kappa shape index (κ2) is 5.99. The van der Waals surface area contributed by atoms with E-state index in [1.54, 1.807) is 24.3 Å². The average molecular weight is 249 g/mol. The fourth-order valence-corrected chi connectivity index (χ4v) is 1.92. The molecule has 2 heteroatoms. The number of hydrogen-bond donors (Lipinski definition) is 1. The Bertz CT molecular complexity index is 593. The minimum absolute atomic E-state index is 0.482. The minimum Gasteiger partial charge on any atom is -0.388 e. The largest absolute Gasteiger partial charge is 0.388 e. The van der Waals surface area contributed by atoms with Crippen LogP contribution in [0, 0.1) is 11.3 Å². The maximum absolute atomic E-state index is 10.2. The standard InChI is InChI=1S/C17H15NO/c1-13(15-5-3-2-4-6-15)11-17(19)16-9-7-14(12-18)8-10-16/h2-10,17,19H,1,11H2. The molecule has 1 unspecified atom stereocenters. The van der Waals surface area contributed by atoms with E-state index in [1.807, 2.05) is 30.3 Å². The maximum Gasteiger partial charge on any atom is 0.0991 e. The van der Waals surface area contributed by atoms with Crippen molar-refractivity contribution in [3.8, 4) is 6.07 Å². The molecule has 2 rings (SSSR count). The molecule has 2 nitrogen and oxygen atoms in total. The third kappa shape index (κ3) is 3.31. The summed E-state index contributed by atoms with van der Waals surface area (Å²) in [5.41, 5.74) is 3.33. The topological polar surface area (TPSA) is 44.0 Å². The third-order valence-corrected chi connectivity index (χ3v) is 3.05. The number of rotatable bonds is 4. The van der Waals surface area contributed by atoms with Crippen molar-refractivity contribution in [1.82, 2.24) is 0 Å². The molecule has 0 saturated heterocycles. The number of benzene rings is 2. The van der Waals surface area contributed by atoms with Gasteiger partial charge in [-0.05, 0) is 28.8 Å². The predicted octanol–water partition coefficient (Wildman–Crippen LogP) is 3.70. The lowest BCUT2D eigenvalue weighted by Gasteiger charge is -2.13. The number of aliphatic hydroxyl groups is 1. The van der Waals surface area contributed by atoms with Crippen LogP contribution in [-0.4, -0.2) is 5.11 Å². The number of nitrogens with zero attached hydrogens (tertiary/aromatic N) is 1. The first kappa shape index (κ1) is 13.1. The van der Waals surface area contributed by atoms with Gasteiger partial charge in [0.15, 0.2) is 0 Å². The Morgan fingerprint density at radius 2 is 1.74 bits per heavy atom. The third-order valence-electron chi connectivity index (χ3n) is 3.05. The van der Waals surface area contributed by atoms with Gasteiger partial charge in [0.1, 0.15) is 0 Å². The van der Waals surface area contributed by atoms with Crippen molar-refractivity contribution >= 4 is 5.57 Å². The van der Waals surface area contributed by atoms with Crippen molar-refractivity contribution in [2.75, 3.05) is 0 Å². The highest BCUT2D eigenvalue weighted by Crippen LogP contribution is 2.26. The van der Waals surface area contributed by atoms with Crippen molar-refractivity contribution in [2.45, 2.75) is 12.5 Å². The number of hydrogen-bond acceptors (Lipinski definition) is 2. The zero-order chi connectivity index (χ0) is 13.7. The van der Waals surface area contributed by atoms with E-state index in [9.17, 15) is 5.11 Å². The molecule has 0 heterocycles.